The Labute approximate surface area is 205 Å². The van der Waals surface area contributed by atoms with Crippen LogP contribution in [-0.2, 0) is 4.74 Å². The van der Waals surface area contributed by atoms with Crippen molar-refractivity contribution in [3.8, 4) is 11.3 Å². The van der Waals surface area contributed by atoms with Crippen molar-refractivity contribution in [2.24, 2.45) is 5.41 Å². The van der Waals surface area contributed by atoms with E-state index in [1.807, 2.05) is 15.9 Å². The number of likely N-dealkylation sites (tertiary alicyclic amines) is 1. The third kappa shape index (κ3) is 3.60. The van der Waals surface area contributed by atoms with Crippen molar-refractivity contribution in [2.75, 3.05) is 32.8 Å². The van der Waals surface area contributed by atoms with Crippen molar-refractivity contribution in [3.05, 3.63) is 40.2 Å². The van der Waals surface area contributed by atoms with Gasteiger partial charge in [-0.3, -0.25) is 0 Å². The van der Waals surface area contributed by atoms with Crippen LogP contribution in [0.2, 0.25) is 0 Å². The summed E-state index contributed by atoms with van der Waals surface area (Å²) in [4.78, 5) is 13.8. The predicted octanol–water partition coefficient (Wildman–Crippen LogP) is 5.90. The van der Waals surface area contributed by atoms with Gasteiger partial charge < -0.3 is 14.6 Å². The number of nitrogens with one attached hydrogen (secondary N) is 1. The molecule has 0 bridgehead atoms. The Morgan fingerprint density at radius 2 is 2.00 bits per heavy atom. The monoisotopic (exact) mass is 477 g/mol. The molecule has 0 radical (unpaired) electrons. The molecule has 2 fully saturated rings. The molecule has 0 aliphatic carbocycles. The maximum absolute atomic E-state index is 5.47. The number of H-pyrrole nitrogens is 1. The van der Waals surface area contributed by atoms with E-state index in [4.69, 9.17) is 4.74 Å². The molecule has 34 heavy (non-hydrogen) atoms. The SMILES string of the molecule is Cc1c(C2CCN(CC3(C)COC3)CC2)sc2[nH]c(-c3cc(C)c4ncnn4c3)c(C(C)C)c12. The third-order valence-electron chi connectivity index (χ3n) is 7.85. The van der Waals surface area contributed by atoms with Gasteiger partial charge in [0.1, 0.15) is 11.2 Å². The van der Waals surface area contributed by atoms with E-state index < -0.39 is 0 Å². The predicted molar refractivity (Wildman–Crippen MR) is 139 cm³/mol. The second-order valence-corrected chi connectivity index (χ2v) is 12.2. The topological polar surface area (TPSA) is 58.5 Å². The van der Waals surface area contributed by atoms with Crippen molar-refractivity contribution < 1.29 is 4.74 Å². The van der Waals surface area contributed by atoms with Crippen LogP contribution in [-0.4, -0.2) is 57.3 Å². The molecule has 0 amide bonds. The minimum absolute atomic E-state index is 0.373. The van der Waals surface area contributed by atoms with E-state index in [1.165, 1.54) is 65.1 Å². The second kappa shape index (κ2) is 8.18. The maximum Gasteiger partial charge on any atom is 0.158 e. The highest BCUT2D eigenvalue weighted by atomic mass is 32.1. The molecule has 2 saturated heterocycles. The lowest BCUT2D eigenvalue weighted by molar-refractivity contribution is -0.116. The Morgan fingerprint density at radius 1 is 1.24 bits per heavy atom. The zero-order valence-electron chi connectivity index (χ0n) is 20.9. The van der Waals surface area contributed by atoms with Crippen molar-refractivity contribution >= 4 is 27.2 Å². The zero-order valence-corrected chi connectivity index (χ0v) is 21.8. The first-order valence-corrected chi connectivity index (χ1v) is 13.4. The molecule has 6 heterocycles. The van der Waals surface area contributed by atoms with Gasteiger partial charge in [0.2, 0.25) is 0 Å². The van der Waals surface area contributed by atoms with E-state index in [0.29, 0.717) is 17.3 Å². The van der Waals surface area contributed by atoms with Crippen LogP contribution in [0.5, 0.6) is 0 Å². The lowest BCUT2D eigenvalue weighted by atomic mass is 9.86. The lowest BCUT2D eigenvalue weighted by Gasteiger charge is -2.43. The molecule has 2 aliphatic rings. The number of ether oxygens (including phenoxy) is 1. The van der Waals surface area contributed by atoms with Gasteiger partial charge in [-0.1, -0.05) is 20.8 Å². The highest BCUT2D eigenvalue weighted by molar-refractivity contribution is 7.19. The fourth-order valence-electron chi connectivity index (χ4n) is 6.11. The molecule has 0 atom stereocenters. The molecule has 6 nitrogen and oxygen atoms in total. The maximum atomic E-state index is 5.47. The number of nitrogens with zero attached hydrogens (tertiary/aromatic N) is 4. The van der Waals surface area contributed by atoms with Crippen LogP contribution < -0.4 is 0 Å². The molecule has 7 heteroatoms. The molecule has 4 aromatic rings. The minimum atomic E-state index is 0.373. The van der Waals surface area contributed by atoms with Crippen molar-refractivity contribution in [1.29, 1.82) is 0 Å². The molecule has 2 aliphatic heterocycles. The van der Waals surface area contributed by atoms with E-state index in [9.17, 15) is 0 Å². The van der Waals surface area contributed by atoms with E-state index in [0.717, 1.165) is 24.4 Å². The molecule has 0 unspecified atom stereocenters. The molecule has 6 rings (SSSR count). The largest absolute Gasteiger partial charge is 0.380 e. The average molecular weight is 478 g/mol. The Hall–Kier alpha value is -2.22. The number of pyridine rings is 1. The minimum Gasteiger partial charge on any atom is -0.380 e. The number of aromatic amines is 1. The number of hydrogen-bond donors (Lipinski definition) is 1. The summed E-state index contributed by atoms with van der Waals surface area (Å²) in [5, 5.41) is 5.84. The van der Waals surface area contributed by atoms with Gasteiger partial charge in [-0.05, 0) is 74.4 Å². The standard InChI is InChI=1S/C27H35N5OS/c1-16(2)21-22-18(4)24(19-6-8-31(9-7-19)12-27(5)13-33-14-27)34-26(22)30-23(21)20-10-17(3)25-28-15-29-32(25)11-20/h10-11,15-16,19,30H,6-9,12-14H2,1-5H3. The fraction of sp³-hybridized carbons (Fsp3) is 0.556. The van der Waals surface area contributed by atoms with Crippen LogP contribution >= 0.6 is 11.3 Å². The Morgan fingerprint density at radius 3 is 2.68 bits per heavy atom. The second-order valence-electron chi connectivity index (χ2n) is 11.2. The molecule has 0 spiro atoms. The van der Waals surface area contributed by atoms with Gasteiger partial charge in [0.25, 0.3) is 0 Å². The van der Waals surface area contributed by atoms with Crippen LogP contribution in [0.15, 0.2) is 18.6 Å². The number of piperidine rings is 1. The molecule has 4 aromatic heterocycles. The van der Waals surface area contributed by atoms with Crippen molar-refractivity contribution in [1.82, 2.24) is 24.5 Å². The lowest BCUT2D eigenvalue weighted by Crippen LogP contribution is -2.50. The summed E-state index contributed by atoms with van der Waals surface area (Å²) in [6.07, 6.45) is 6.25. The molecule has 0 aromatic carbocycles. The van der Waals surface area contributed by atoms with Gasteiger partial charge in [0.05, 0.1) is 18.9 Å². The number of rotatable bonds is 5. The number of thiophene rings is 1. The first-order chi connectivity index (χ1) is 16.3. The van der Waals surface area contributed by atoms with Gasteiger partial charge in [0.15, 0.2) is 5.65 Å². The smallest absolute Gasteiger partial charge is 0.158 e. The van der Waals surface area contributed by atoms with Crippen LogP contribution in [0, 0.1) is 19.3 Å². The van der Waals surface area contributed by atoms with E-state index >= 15 is 0 Å². The van der Waals surface area contributed by atoms with Crippen molar-refractivity contribution in [3.63, 3.8) is 0 Å². The summed E-state index contributed by atoms with van der Waals surface area (Å²) in [7, 11) is 0. The summed E-state index contributed by atoms with van der Waals surface area (Å²) >= 11 is 1.99. The first kappa shape index (κ1) is 22.3. The summed E-state index contributed by atoms with van der Waals surface area (Å²) in [6, 6.07) is 2.24. The number of fused-ring (bicyclic) bond motifs is 2. The summed E-state index contributed by atoms with van der Waals surface area (Å²) in [5.41, 5.74) is 7.79. The van der Waals surface area contributed by atoms with E-state index in [2.05, 4.69) is 66.8 Å². The Kier molecular flexibility index (Phi) is 5.35. The number of hydrogen-bond acceptors (Lipinski definition) is 5. The average Bonchev–Trinajstić information content (AvgIpc) is 3.48. The quantitative estimate of drug-likeness (QED) is 0.389. The van der Waals surface area contributed by atoms with Crippen molar-refractivity contribution in [2.45, 2.75) is 59.3 Å². The van der Waals surface area contributed by atoms with Gasteiger partial charge in [0, 0.05) is 34.0 Å². The van der Waals surface area contributed by atoms with E-state index in [1.54, 1.807) is 11.2 Å². The number of aromatic nitrogens is 4. The van der Waals surface area contributed by atoms with Gasteiger partial charge in [-0.15, -0.1) is 11.3 Å². The summed E-state index contributed by atoms with van der Waals surface area (Å²) < 4.78 is 7.36. The summed E-state index contributed by atoms with van der Waals surface area (Å²) in [6.45, 7) is 16.9. The first-order valence-electron chi connectivity index (χ1n) is 12.6. The van der Waals surface area contributed by atoms with Crippen LogP contribution in [0.1, 0.15) is 67.0 Å². The Bertz CT molecular complexity index is 1350. The van der Waals surface area contributed by atoms with Gasteiger partial charge in [-0.2, -0.15) is 5.10 Å². The molecule has 0 saturated carbocycles. The van der Waals surface area contributed by atoms with Crippen LogP contribution in [0.25, 0.3) is 27.1 Å². The van der Waals surface area contributed by atoms with Crippen LogP contribution in [0.4, 0.5) is 0 Å². The van der Waals surface area contributed by atoms with Crippen LogP contribution in [0.3, 0.4) is 0 Å². The zero-order chi connectivity index (χ0) is 23.6. The molecular weight excluding hydrogens is 442 g/mol. The summed E-state index contributed by atoms with van der Waals surface area (Å²) in [5.74, 6) is 1.11. The third-order valence-corrected chi connectivity index (χ3v) is 9.22. The molecule has 1 N–H and O–H groups in total. The highest BCUT2D eigenvalue weighted by Gasteiger charge is 2.36. The normalized spacial score (nSPS) is 19.5. The number of aryl methyl sites for hydroxylation is 2. The van der Waals surface area contributed by atoms with Gasteiger partial charge >= 0.3 is 0 Å². The molecule has 180 valence electrons. The van der Waals surface area contributed by atoms with Gasteiger partial charge in [-0.25, -0.2) is 9.50 Å². The Balaban J connectivity index is 1.32. The fourth-order valence-corrected chi connectivity index (χ4v) is 7.50. The molecular formula is C27H35N5OS. The highest BCUT2D eigenvalue weighted by Crippen LogP contribution is 2.46. The van der Waals surface area contributed by atoms with E-state index in [-0.39, 0.29) is 0 Å².